The summed E-state index contributed by atoms with van der Waals surface area (Å²) in [5, 5.41) is 30.4. The van der Waals surface area contributed by atoms with Crippen molar-refractivity contribution in [3.05, 3.63) is 23.8 Å². The van der Waals surface area contributed by atoms with Gasteiger partial charge in [-0.1, -0.05) is 39.3 Å². The highest BCUT2D eigenvalue weighted by molar-refractivity contribution is 8.00. The molecule has 4 N–H and O–H groups in total. The SMILES string of the molecule is CC(C)CNC(=S)NCCSCC(=O)[C@@]1(O)[C@H](C)C[C@H]2[C@@H]3CCC4=CC(=O)C=C[C@]4(C)[C@@]3(F)[C@@H](O)C[C@@]21C. The topological polar surface area (TPSA) is 98.7 Å². The molecule has 0 unspecified atom stereocenters. The van der Waals surface area contributed by atoms with E-state index in [-0.39, 0.29) is 35.6 Å². The minimum Gasteiger partial charge on any atom is -0.390 e. The molecule has 6 nitrogen and oxygen atoms in total. The summed E-state index contributed by atoms with van der Waals surface area (Å²) < 4.78 is 17.3. The number of nitrogens with one attached hydrogen (secondary N) is 2. The van der Waals surface area contributed by atoms with Gasteiger partial charge in [0.15, 0.2) is 22.3 Å². The second-order valence-corrected chi connectivity index (χ2v) is 14.2. The maximum Gasteiger partial charge on any atom is 0.178 e. The van der Waals surface area contributed by atoms with Gasteiger partial charge in [-0.2, -0.15) is 11.8 Å². The first-order chi connectivity index (χ1) is 17.7. The number of aliphatic hydroxyl groups is 2. The van der Waals surface area contributed by atoms with Gasteiger partial charge in [0.2, 0.25) is 0 Å². The van der Waals surface area contributed by atoms with Crippen LogP contribution in [0, 0.1) is 34.5 Å². The number of allylic oxidation sites excluding steroid dienone is 4. The lowest BCUT2D eigenvalue weighted by Gasteiger charge is -2.62. The van der Waals surface area contributed by atoms with Crippen LogP contribution >= 0.6 is 24.0 Å². The lowest BCUT2D eigenvalue weighted by Crippen LogP contribution is -2.69. The highest BCUT2D eigenvalue weighted by atomic mass is 32.2. The van der Waals surface area contributed by atoms with E-state index in [1.54, 1.807) is 13.0 Å². The van der Waals surface area contributed by atoms with Crippen molar-refractivity contribution in [1.29, 1.82) is 0 Å². The molecule has 0 amide bonds. The van der Waals surface area contributed by atoms with Crippen LogP contribution in [0.3, 0.4) is 0 Å². The highest BCUT2D eigenvalue weighted by Crippen LogP contribution is 2.70. The number of fused-ring (bicyclic) bond motifs is 5. The van der Waals surface area contributed by atoms with Gasteiger partial charge in [-0.25, -0.2) is 4.39 Å². The highest BCUT2D eigenvalue weighted by Gasteiger charge is 2.75. The molecule has 38 heavy (non-hydrogen) atoms. The maximum absolute atomic E-state index is 17.3. The van der Waals surface area contributed by atoms with Crippen molar-refractivity contribution < 1.29 is 24.2 Å². The quantitative estimate of drug-likeness (QED) is 0.261. The number of ketones is 2. The minimum absolute atomic E-state index is 0.00389. The summed E-state index contributed by atoms with van der Waals surface area (Å²) in [6.07, 6.45) is 4.79. The zero-order chi connectivity index (χ0) is 28.1. The summed E-state index contributed by atoms with van der Waals surface area (Å²) in [6, 6.07) is 0. The summed E-state index contributed by atoms with van der Waals surface area (Å²) in [4.78, 5) is 25.6. The Hall–Kier alpha value is -1.29. The molecular formula is C29H43FN2O4S2. The number of hydrogen-bond donors (Lipinski definition) is 4. The fourth-order valence-corrected chi connectivity index (χ4v) is 8.99. The molecule has 4 aliphatic rings. The van der Waals surface area contributed by atoms with Crippen LogP contribution in [-0.4, -0.2) is 68.9 Å². The van der Waals surface area contributed by atoms with E-state index in [1.165, 1.54) is 23.9 Å². The van der Waals surface area contributed by atoms with Gasteiger partial charge in [-0.05, 0) is 74.7 Å². The third-order valence-corrected chi connectivity index (χ3v) is 11.3. The van der Waals surface area contributed by atoms with Gasteiger partial charge in [0.1, 0.15) is 5.60 Å². The van der Waals surface area contributed by atoms with E-state index >= 15 is 4.39 Å². The van der Waals surface area contributed by atoms with E-state index in [0.717, 1.165) is 12.1 Å². The third-order valence-electron chi connectivity index (χ3n) is 10.1. The first-order valence-electron chi connectivity index (χ1n) is 13.9. The smallest absolute Gasteiger partial charge is 0.178 e. The summed E-state index contributed by atoms with van der Waals surface area (Å²) in [6.45, 7) is 11.1. The average Bonchev–Trinajstić information content (AvgIpc) is 3.05. The van der Waals surface area contributed by atoms with Crippen molar-refractivity contribution in [2.45, 2.75) is 77.7 Å². The molecule has 4 aliphatic carbocycles. The number of carbonyl (C=O) groups excluding carboxylic acids is 2. The molecule has 212 valence electrons. The number of rotatable bonds is 8. The van der Waals surface area contributed by atoms with Crippen LogP contribution in [-0.2, 0) is 9.59 Å². The molecule has 0 heterocycles. The molecule has 0 aliphatic heterocycles. The number of Topliss-reactive ketones (excluding diaryl/α,β-unsaturated/α-hetero) is 1. The van der Waals surface area contributed by atoms with Gasteiger partial charge in [0, 0.05) is 35.6 Å². The minimum atomic E-state index is -1.96. The summed E-state index contributed by atoms with van der Waals surface area (Å²) in [7, 11) is 0. The number of alkyl halides is 1. The van der Waals surface area contributed by atoms with Crippen LogP contribution in [0.1, 0.15) is 60.3 Å². The van der Waals surface area contributed by atoms with Crippen molar-refractivity contribution in [1.82, 2.24) is 10.6 Å². The summed E-state index contributed by atoms with van der Waals surface area (Å²) >= 11 is 6.72. The predicted molar refractivity (Wildman–Crippen MR) is 154 cm³/mol. The summed E-state index contributed by atoms with van der Waals surface area (Å²) in [5.74, 6) is -0.225. The molecule has 3 fully saturated rings. The Bertz CT molecular complexity index is 1050. The Kier molecular flexibility index (Phi) is 8.28. The van der Waals surface area contributed by atoms with Crippen LogP contribution in [0.5, 0.6) is 0 Å². The average molecular weight is 567 g/mol. The third kappa shape index (κ3) is 4.49. The molecule has 0 aromatic carbocycles. The van der Waals surface area contributed by atoms with E-state index < -0.39 is 34.1 Å². The van der Waals surface area contributed by atoms with E-state index in [2.05, 4.69) is 24.5 Å². The lowest BCUT2D eigenvalue weighted by molar-refractivity contribution is -0.218. The zero-order valence-corrected chi connectivity index (χ0v) is 24.8. The fraction of sp³-hybridized carbons (Fsp3) is 0.759. The van der Waals surface area contributed by atoms with Crippen molar-refractivity contribution in [3.8, 4) is 0 Å². The van der Waals surface area contributed by atoms with Crippen LogP contribution in [0.4, 0.5) is 4.39 Å². The van der Waals surface area contributed by atoms with Crippen LogP contribution in [0.15, 0.2) is 23.8 Å². The van der Waals surface area contributed by atoms with Crippen LogP contribution in [0.2, 0.25) is 0 Å². The number of thioether (sulfide) groups is 1. The molecule has 3 saturated carbocycles. The Labute approximate surface area is 235 Å². The van der Waals surface area contributed by atoms with Crippen LogP contribution in [0.25, 0.3) is 0 Å². The molecule has 0 saturated heterocycles. The Morgan fingerprint density at radius 3 is 2.68 bits per heavy atom. The molecule has 4 rings (SSSR count). The van der Waals surface area contributed by atoms with E-state index in [1.807, 2.05) is 13.8 Å². The molecule has 0 spiro atoms. The van der Waals surface area contributed by atoms with Gasteiger partial charge in [-0.15, -0.1) is 0 Å². The van der Waals surface area contributed by atoms with Gasteiger partial charge in [-0.3, -0.25) is 9.59 Å². The van der Waals surface area contributed by atoms with Gasteiger partial charge < -0.3 is 20.8 Å². The summed E-state index contributed by atoms with van der Waals surface area (Å²) in [5.41, 5.74) is -4.88. The first kappa shape index (κ1) is 29.7. The monoisotopic (exact) mass is 566 g/mol. The maximum atomic E-state index is 17.3. The first-order valence-corrected chi connectivity index (χ1v) is 15.4. The molecule has 0 radical (unpaired) electrons. The normalized spacial score (nSPS) is 41.7. The molecule has 9 heteroatoms. The second-order valence-electron chi connectivity index (χ2n) is 12.7. The molecule has 0 aromatic heterocycles. The zero-order valence-electron chi connectivity index (χ0n) is 23.2. The Morgan fingerprint density at radius 2 is 2.00 bits per heavy atom. The van der Waals surface area contributed by atoms with Crippen molar-refractivity contribution in [2.75, 3.05) is 24.6 Å². The van der Waals surface area contributed by atoms with Crippen molar-refractivity contribution in [2.24, 2.45) is 34.5 Å². The lowest BCUT2D eigenvalue weighted by atomic mass is 9.44. The molecule has 8 atom stereocenters. The van der Waals surface area contributed by atoms with E-state index in [9.17, 15) is 19.8 Å². The van der Waals surface area contributed by atoms with Gasteiger partial charge in [0.25, 0.3) is 0 Å². The van der Waals surface area contributed by atoms with E-state index in [0.29, 0.717) is 42.6 Å². The number of carbonyl (C=O) groups is 2. The number of hydrogen-bond acceptors (Lipinski definition) is 6. The fourth-order valence-electron chi connectivity index (χ4n) is 8.01. The predicted octanol–water partition coefficient (Wildman–Crippen LogP) is 3.76. The number of thiocarbonyl (C=S) groups is 1. The van der Waals surface area contributed by atoms with Gasteiger partial charge in [0.05, 0.1) is 11.9 Å². The molecule has 0 aromatic rings. The second kappa shape index (κ2) is 10.6. The molecule has 0 bridgehead atoms. The Morgan fingerprint density at radius 1 is 1.29 bits per heavy atom. The number of halogens is 1. The standard InChI is InChI=1S/C29H43FN2O4S2/c1-17(2)15-32-25(37)31-10-11-38-16-24(35)29(36)18(3)12-22-21-7-6-19-13-20(33)8-9-26(19,4)28(21,30)23(34)14-27(22,29)5/h8-9,13,17-18,21-23,34,36H,6-7,10-12,14-16H2,1-5H3,(H2,31,32,37)/t18-,21+,22+,23+,26+,27+,28+,29+/m1/s1. The van der Waals surface area contributed by atoms with Crippen molar-refractivity contribution in [3.63, 3.8) is 0 Å². The van der Waals surface area contributed by atoms with Crippen LogP contribution < -0.4 is 10.6 Å². The van der Waals surface area contributed by atoms with E-state index in [4.69, 9.17) is 12.2 Å². The van der Waals surface area contributed by atoms with Gasteiger partial charge >= 0.3 is 0 Å². The number of aliphatic hydroxyl groups excluding tert-OH is 1. The Balaban J connectivity index is 1.46. The largest absolute Gasteiger partial charge is 0.390 e. The molecular weight excluding hydrogens is 523 g/mol. The van der Waals surface area contributed by atoms with Crippen molar-refractivity contribution >= 4 is 40.7 Å².